The summed E-state index contributed by atoms with van der Waals surface area (Å²) in [5.74, 6) is -1.14. The number of aromatic nitrogens is 4. The van der Waals surface area contributed by atoms with Gasteiger partial charge in [0.25, 0.3) is 0 Å². The maximum Gasteiger partial charge on any atom is 0.152 e. The molecule has 1 aliphatic rings. The predicted molar refractivity (Wildman–Crippen MR) is 148 cm³/mol. The molecule has 0 spiro atoms. The summed E-state index contributed by atoms with van der Waals surface area (Å²) >= 11 is 0. The monoisotopic (exact) mass is 569 g/mol. The smallest absolute Gasteiger partial charge is 0.152 e. The Kier molecular flexibility index (Phi) is 7.26. The lowest BCUT2D eigenvalue weighted by molar-refractivity contribution is 0.0779. The van der Waals surface area contributed by atoms with Crippen LogP contribution in [0.4, 0.5) is 8.78 Å². The quantitative estimate of drug-likeness (QED) is 0.358. The van der Waals surface area contributed by atoms with E-state index >= 15 is 8.78 Å². The van der Waals surface area contributed by atoms with E-state index in [0.29, 0.717) is 30.6 Å². The van der Waals surface area contributed by atoms with E-state index in [4.69, 9.17) is 5.73 Å². The van der Waals surface area contributed by atoms with E-state index in [1.54, 1.807) is 29.2 Å². The van der Waals surface area contributed by atoms with Crippen LogP contribution < -0.4 is 5.73 Å². The zero-order valence-electron chi connectivity index (χ0n) is 22.8. The Labute approximate surface area is 232 Å². The Balaban J connectivity index is 1.48. The van der Waals surface area contributed by atoms with E-state index in [-0.39, 0.29) is 28.7 Å². The Bertz CT molecular complexity index is 1650. The van der Waals surface area contributed by atoms with Crippen LogP contribution in [0.1, 0.15) is 62.0 Å². The van der Waals surface area contributed by atoms with Gasteiger partial charge in [-0.3, -0.25) is 4.98 Å². The molecule has 0 aliphatic heterocycles. The molecule has 1 fully saturated rings. The highest BCUT2D eigenvalue weighted by atomic mass is 32.2. The molecule has 3 N–H and O–H groups in total. The first-order valence-electron chi connectivity index (χ1n) is 13.2. The maximum atomic E-state index is 15.1. The van der Waals surface area contributed by atoms with Crippen molar-refractivity contribution in [3.8, 4) is 11.3 Å². The largest absolute Gasteiger partial charge is 0.386 e. The standard InChI is InChI=1S/C29H33F2N5O3S/c1-16-9-17(10-24(32)28(16)40(4,38)39)21-7-8-33-14-18(21)11-26-34-15-20-5-6-25(35-36(20)26)27-22(30)12-19(13-23(27)31)29(2,3)37/h5-8,12-17,24,28,37H,9-11,32H2,1-4H3/t16-,17+,24+,28+/m0/s1. The molecule has 8 nitrogen and oxygen atoms in total. The van der Waals surface area contributed by atoms with E-state index in [9.17, 15) is 13.5 Å². The van der Waals surface area contributed by atoms with Gasteiger partial charge in [0.2, 0.25) is 0 Å². The number of imidazole rings is 1. The van der Waals surface area contributed by atoms with Gasteiger partial charge in [0.15, 0.2) is 9.84 Å². The van der Waals surface area contributed by atoms with E-state index in [1.165, 1.54) is 26.2 Å². The summed E-state index contributed by atoms with van der Waals surface area (Å²) < 4.78 is 56.3. The lowest BCUT2D eigenvalue weighted by Gasteiger charge is -2.38. The molecule has 212 valence electrons. The highest BCUT2D eigenvalue weighted by Crippen LogP contribution is 2.40. The normalized spacial score (nSPS) is 22.1. The Hall–Kier alpha value is -3.28. The van der Waals surface area contributed by atoms with Gasteiger partial charge in [-0.1, -0.05) is 6.92 Å². The second-order valence-electron chi connectivity index (χ2n) is 11.5. The minimum absolute atomic E-state index is 0.0493. The molecule has 11 heteroatoms. The van der Waals surface area contributed by atoms with Crippen molar-refractivity contribution in [3.05, 3.63) is 83.1 Å². The highest BCUT2D eigenvalue weighted by molar-refractivity contribution is 7.91. The van der Waals surface area contributed by atoms with Gasteiger partial charge in [-0.2, -0.15) is 5.10 Å². The fourth-order valence-electron chi connectivity index (χ4n) is 6.07. The molecule has 1 aromatic carbocycles. The average Bonchev–Trinajstić information content (AvgIpc) is 3.24. The second kappa shape index (κ2) is 10.3. The first-order valence-corrected chi connectivity index (χ1v) is 15.1. The van der Waals surface area contributed by atoms with Crippen LogP contribution in [-0.4, -0.2) is 50.7 Å². The predicted octanol–water partition coefficient (Wildman–Crippen LogP) is 4.14. The molecule has 4 aromatic rings. The van der Waals surface area contributed by atoms with Crippen molar-refractivity contribution in [2.45, 2.75) is 62.8 Å². The molecule has 0 bridgehead atoms. The van der Waals surface area contributed by atoms with Crippen LogP contribution in [0.25, 0.3) is 16.8 Å². The van der Waals surface area contributed by atoms with Crippen molar-refractivity contribution in [3.63, 3.8) is 0 Å². The van der Waals surface area contributed by atoms with Gasteiger partial charge < -0.3 is 10.8 Å². The number of fused-ring (bicyclic) bond motifs is 1. The average molecular weight is 570 g/mol. The number of hydrogen-bond acceptors (Lipinski definition) is 7. The van der Waals surface area contributed by atoms with Crippen LogP contribution in [0.3, 0.4) is 0 Å². The summed E-state index contributed by atoms with van der Waals surface area (Å²) in [5.41, 5.74) is 7.48. The third-order valence-electron chi connectivity index (χ3n) is 7.88. The fourth-order valence-corrected chi connectivity index (χ4v) is 7.77. The molecule has 1 aliphatic carbocycles. The first-order chi connectivity index (χ1) is 18.7. The SMILES string of the molecule is C[C@H]1C[C@@H](c2ccncc2Cc2ncc3ccc(-c4c(F)cc(C(C)(C)O)cc4F)nn23)C[C@@H](N)[C@@H]1S(C)(=O)=O. The second-order valence-corrected chi connectivity index (χ2v) is 13.7. The van der Waals surface area contributed by atoms with Crippen LogP contribution in [-0.2, 0) is 21.9 Å². The number of nitrogens with zero attached hydrogens (tertiary/aromatic N) is 4. The summed E-state index contributed by atoms with van der Waals surface area (Å²) in [7, 11) is -3.27. The van der Waals surface area contributed by atoms with Crippen LogP contribution in [0.5, 0.6) is 0 Å². The van der Waals surface area contributed by atoms with Gasteiger partial charge >= 0.3 is 0 Å². The van der Waals surface area contributed by atoms with Gasteiger partial charge in [-0.25, -0.2) is 26.7 Å². The van der Waals surface area contributed by atoms with Crippen molar-refractivity contribution in [1.29, 1.82) is 0 Å². The number of rotatable bonds is 6. The van der Waals surface area contributed by atoms with Gasteiger partial charge in [-0.05, 0) is 85.5 Å². The summed E-state index contributed by atoms with van der Waals surface area (Å²) in [5, 5.41) is 14.1. The Morgan fingerprint density at radius 3 is 2.45 bits per heavy atom. The van der Waals surface area contributed by atoms with Crippen molar-refractivity contribution < 1.29 is 22.3 Å². The number of halogens is 2. The highest BCUT2D eigenvalue weighted by Gasteiger charge is 2.40. The fraction of sp³-hybridized carbons (Fsp3) is 0.414. The van der Waals surface area contributed by atoms with E-state index < -0.39 is 38.4 Å². The van der Waals surface area contributed by atoms with Crippen LogP contribution in [0, 0.1) is 17.6 Å². The van der Waals surface area contributed by atoms with Gasteiger partial charge in [0.1, 0.15) is 17.5 Å². The van der Waals surface area contributed by atoms with Gasteiger partial charge in [-0.15, -0.1) is 0 Å². The molecule has 0 saturated heterocycles. The minimum atomic E-state index is -3.27. The zero-order chi connectivity index (χ0) is 29.0. The molecule has 3 heterocycles. The molecule has 1 saturated carbocycles. The first kappa shape index (κ1) is 28.3. The van der Waals surface area contributed by atoms with Gasteiger partial charge in [0, 0.05) is 31.1 Å². The summed E-state index contributed by atoms with van der Waals surface area (Å²) in [6.45, 7) is 4.85. The number of pyridine rings is 1. The van der Waals surface area contributed by atoms with Gasteiger partial charge in [0.05, 0.1) is 33.8 Å². The molecule has 4 atom stereocenters. The lowest BCUT2D eigenvalue weighted by atomic mass is 9.75. The number of benzene rings is 1. The molecular formula is C29H33F2N5O3S. The number of nitrogens with two attached hydrogens (primary N) is 1. The van der Waals surface area contributed by atoms with Crippen molar-refractivity contribution in [2.24, 2.45) is 11.7 Å². The van der Waals surface area contributed by atoms with Crippen LogP contribution in [0.2, 0.25) is 0 Å². The molecule has 3 aromatic heterocycles. The van der Waals surface area contributed by atoms with E-state index in [0.717, 1.165) is 23.3 Å². The Morgan fingerprint density at radius 1 is 1.12 bits per heavy atom. The Morgan fingerprint density at radius 2 is 1.82 bits per heavy atom. The zero-order valence-corrected chi connectivity index (χ0v) is 23.7. The summed E-state index contributed by atoms with van der Waals surface area (Å²) in [4.78, 5) is 8.83. The number of hydrogen-bond donors (Lipinski definition) is 2. The number of sulfone groups is 1. The maximum absolute atomic E-state index is 15.1. The minimum Gasteiger partial charge on any atom is -0.386 e. The summed E-state index contributed by atoms with van der Waals surface area (Å²) in [6.07, 6.45) is 7.91. The molecule has 40 heavy (non-hydrogen) atoms. The molecule has 5 rings (SSSR count). The van der Waals surface area contributed by atoms with E-state index in [1.807, 2.05) is 13.0 Å². The third-order valence-corrected chi connectivity index (χ3v) is 9.68. The number of aliphatic hydroxyl groups is 1. The molecule has 0 radical (unpaired) electrons. The summed E-state index contributed by atoms with van der Waals surface area (Å²) in [6, 6.07) is 6.91. The van der Waals surface area contributed by atoms with E-state index in [2.05, 4.69) is 15.1 Å². The third kappa shape index (κ3) is 5.37. The van der Waals surface area contributed by atoms with Crippen LogP contribution in [0.15, 0.2) is 48.9 Å². The van der Waals surface area contributed by atoms with Crippen LogP contribution >= 0.6 is 0 Å². The molecular weight excluding hydrogens is 536 g/mol. The topological polar surface area (TPSA) is 123 Å². The van der Waals surface area contributed by atoms with Crippen molar-refractivity contribution in [1.82, 2.24) is 19.6 Å². The molecule has 0 amide bonds. The van der Waals surface area contributed by atoms with Crippen molar-refractivity contribution in [2.75, 3.05) is 6.26 Å². The van der Waals surface area contributed by atoms with Crippen molar-refractivity contribution >= 4 is 15.4 Å². The lowest BCUT2D eigenvalue weighted by Crippen LogP contribution is -2.48. The molecule has 0 unspecified atom stereocenters.